The van der Waals surface area contributed by atoms with Gasteiger partial charge < -0.3 is 0 Å². The largest absolute Gasteiger partial charge is 0.268 e. The van der Waals surface area contributed by atoms with E-state index in [4.69, 9.17) is 5.10 Å². The predicted octanol–water partition coefficient (Wildman–Crippen LogP) is 3.50. The van der Waals surface area contributed by atoms with E-state index in [-0.39, 0.29) is 0 Å². The Morgan fingerprint density at radius 2 is 1.74 bits per heavy atom. The lowest BCUT2D eigenvalue weighted by molar-refractivity contribution is 0.548. The van der Waals surface area contributed by atoms with Gasteiger partial charge in [0.15, 0.2) is 0 Å². The Labute approximate surface area is 161 Å². The highest BCUT2D eigenvalue weighted by Crippen LogP contribution is 2.44. The Morgan fingerprint density at radius 1 is 1.00 bits per heavy atom. The van der Waals surface area contributed by atoms with Crippen LogP contribution in [0, 0.1) is 0 Å². The highest BCUT2D eigenvalue weighted by Gasteiger charge is 2.32. The lowest BCUT2D eigenvalue weighted by Gasteiger charge is -2.17. The van der Waals surface area contributed by atoms with E-state index >= 15 is 0 Å². The van der Waals surface area contributed by atoms with Gasteiger partial charge >= 0.3 is 0 Å². The molecule has 144 valence electrons. The minimum atomic E-state index is -3.47. The zero-order valence-corrected chi connectivity index (χ0v) is 16.5. The Bertz CT molecular complexity index is 956. The first-order chi connectivity index (χ1) is 13.1. The molecule has 5 rings (SSSR count). The normalized spacial score (nSPS) is 19.9. The number of nitrogens with one attached hydrogen (secondary N) is 1. The predicted molar refractivity (Wildman–Crippen MR) is 104 cm³/mol. The first-order valence-electron chi connectivity index (χ1n) is 10.3. The summed E-state index contributed by atoms with van der Waals surface area (Å²) in [7, 11) is -3.47. The molecular weight excluding hydrogens is 358 g/mol. The van der Waals surface area contributed by atoms with Gasteiger partial charge in [0.05, 0.1) is 17.1 Å². The molecule has 0 bridgehead atoms. The SMILES string of the molecule is O=S(=O)(NCCn1nc(C2CC2)cc1C1CC1)c1ccc2c(c1)CCCC2. The van der Waals surface area contributed by atoms with Gasteiger partial charge in [-0.25, -0.2) is 13.1 Å². The van der Waals surface area contributed by atoms with Crippen molar-refractivity contribution in [3.8, 4) is 0 Å². The van der Waals surface area contributed by atoms with Crippen molar-refractivity contribution in [3.05, 3.63) is 46.8 Å². The van der Waals surface area contributed by atoms with Crippen molar-refractivity contribution in [2.75, 3.05) is 6.54 Å². The van der Waals surface area contributed by atoms with Gasteiger partial charge in [-0.1, -0.05) is 6.07 Å². The molecule has 0 unspecified atom stereocenters. The summed E-state index contributed by atoms with van der Waals surface area (Å²) in [6, 6.07) is 7.86. The molecule has 2 aromatic rings. The molecule has 0 atom stereocenters. The molecule has 2 saturated carbocycles. The van der Waals surface area contributed by atoms with E-state index in [2.05, 4.69) is 10.8 Å². The van der Waals surface area contributed by atoms with Crippen molar-refractivity contribution >= 4 is 10.0 Å². The van der Waals surface area contributed by atoms with Crippen molar-refractivity contribution < 1.29 is 8.42 Å². The average Bonchev–Trinajstić information content (AvgIpc) is 3.60. The number of hydrogen-bond donors (Lipinski definition) is 1. The fraction of sp³-hybridized carbons (Fsp3) is 0.571. The van der Waals surface area contributed by atoms with Crippen LogP contribution in [0.5, 0.6) is 0 Å². The molecule has 0 spiro atoms. The number of rotatable bonds is 7. The summed E-state index contributed by atoms with van der Waals surface area (Å²) in [5.74, 6) is 1.26. The van der Waals surface area contributed by atoms with E-state index in [0.29, 0.717) is 29.8 Å². The van der Waals surface area contributed by atoms with Crippen LogP contribution in [0.25, 0.3) is 0 Å². The van der Waals surface area contributed by atoms with Crippen molar-refractivity contribution in [2.45, 2.75) is 74.6 Å². The van der Waals surface area contributed by atoms with Gasteiger partial charge in [0.2, 0.25) is 10.0 Å². The van der Waals surface area contributed by atoms with E-state index in [1.54, 1.807) is 6.07 Å². The monoisotopic (exact) mass is 385 g/mol. The summed E-state index contributed by atoms with van der Waals surface area (Å²) in [5.41, 5.74) is 5.00. The fourth-order valence-corrected chi connectivity index (χ4v) is 5.23. The van der Waals surface area contributed by atoms with Crippen LogP contribution in [0.1, 0.15) is 72.9 Å². The summed E-state index contributed by atoms with van der Waals surface area (Å²) in [6.07, 6.45) is 9.35. The van der Waals surface area contributed by atoms with Crippen LogP contribution in [0.2, 0.25) is 0 Å². The third-order valence-electron chi connectivity index (χ3n) is 6.07. The lowest BCUT2D eigenvalue weighted by atomic mass is 9.92. The standard InChI is InChI=1S/C21H27N3O2S/c25-27(26,19-10-9-15-3-1-2-4-18(15)13-19)22-11-12-24-21(17-7-8-17)14-20(23-24)16-5-6-16/h9-10,13-14,16-17,22H,1-8,11-12H2. The molecule has 0 radical (unpaired) electrons. The van der Waals surface area contributed by atoms with Gasteiger partial charge in [-0.05, 0) is 80.7 Å². The Morgan fingerprint density at radius 3 is 2.48 bits per heavy atom. The quantitative estimate of drug-likeness (QED) is 0.793. The fourth-order valence-electron chi connectivity index (χ4n) is 4.16. The summed E-state index contributed by atoms with van der Waals surface area (Å²) >= 11 is 0. The molecule has 27 heavy (non-hydrogen) atoms. The molecule has 1 aromatic heterocycles. The second kappa shape index (κ2) is 6.74. The molecular formula is C21H27N3O2S. The van der Waals surface area contributed by atoms with E-state index in [9.17, 15) is 8.42 Å². The van der Waals surface area contributed by atoms with Gasteiger partial charge in [-0.2, -0.15) is 5.10 Å². The van der Waals surface area contributed by atoms with E-state index < -0.39 is 10.0 Å². The molecule has 0 amide bonds. The third-order valence-corrected chi connectivity index (χ3v) is 7.53. The Kier molecular flexibility index (Phi) is 4.36. The number of hydrogen-bond acceptors (Lipinski definition) is 3. The maximum Gasteiger partial charge on any atom is 0.240 e. The third kappa shape index (κ3) is 3.69. The zero-order chi connectivity index (χ0) is 18.4. The molecule has 5 nitrogen and oxygen atoms in total. The Hall–Kier alpha value is -1.66. The molecule has 1 N–H and O–H groups in total. The first-order valence-corrected chi connectivity index (χ1v) is 11.8. The summed E-state index contributed by atoms with van der Waals surface area (Å²) in [4.78, 5) is 0.393. The van der Waals surface area contributed by atoms with Crippen LogP contribution in [-0.2, 0) is 29.4 Å². The molecule has 3 aliphatic carbocycles. The number of fused-ring (bicyclic) bond motifs is 1. The van der Waals surface area contributed by atoms with Crippen LogP contribution < -0.4 is 4.72 Å². The summed E-state index contributed by atoms with van der Waals surface area (Å²) in [5, 5.41) is 4.77. The second-order valence-corrected chi connectivity index (χ2v) is 10.1. The summed E-state index contributed by atoms with van der Waals surface area (Å²) < 4.78 is 30.3. The smallest absolute Gasteiger partial charge is 0.240 e. The minimum Gasteiger partial charge on any atom is -0.268 e. The van der Waals surface area contributed by atoms with Gasteiger partial charge in [0.25, 0.3) is 0 Å². The number of nitrogens with zero attached hydrogens (tertiary/aromatic N) is 2. The van der Waals surface area contributed by atoms with Gasteiger partial charge in [0.1, 0.15) is 0 Å². The van der Waals surface area contributed by atoms with Crippen LogP contribution >= 0.6 is 0 Å². The average molecular weight is 386 g/mol. The Balaban J connectivity index is 1.27. The minimum absolute atomic E-state index is 0.380. The number of sulfonamides is 1. The molecule has 2 fully saturated rings. The number of aromatic nitrogens is 2. The molecule has 0 aliphatic heterocycles. The van der Waals surface area contributed by atoms with Gasteiger partial charge in [-0.15, -0.1) is 0 Å². The van der Waals surface area contributed by atoms with Crippen LogP contribution in [-0.4, -0.2) is 24.7 Å². The van der Waals surface area contributed by atoms with Crippen LogP contribution in [0.3, 0.4) is 0 Å². The topological polar surface area (TPSA) is 64.0 Å². The van der Waals surface area contributed by atoms with E-state index in [0.717, 1.165) is 19.3 Å². The zero-order valence-electron chi connectivity index (χ0n) is 15.7. The maximum atomic E-state index is 12.7. The molecule has 3 aliphatic rings. The van der Waals surface area contributed by atoms with Crippen LogP contribution in [0.4, 0.5) is 0 Å². The maximum absolute atomic E-state index is 12.7. The van der Waals surface area contributed by atoms with Crippen LogP contribution in [0.15, 0.2) is 29.2 Å². The molecule has 0 saturated heterocycles. The van der Waals surface area contributed by atoms with Crippen molar-refractivity contribution in [2.24, 2.45) is 0 Å². The van der Waals surface area contributed by atoms with Gasteiger partial charge in [0, 0.05) is 24.1 Å². The summed E-state index contributed by atoms with van der Waals surface area (Å²) in [6.45, 7) is 0.980. The number of benzene rings is 1. The first kappa shape index (κ1) is 17.4. The molecule has 1 heterocycles. The highest BCUT2D eigenvalue weighted by atomic mass is 32.2. The van der Waals surface area contributed by atoms with Crippen molar-refractivity contribution in [1.82, 2.24) is 14.5 Å². The molecule has 1 aromatic carbocycles. The van der Waals surface area contributed by atoms with Crippen molar-refractivity contribution in [1.29, 1.82) is 0 Å². The second-order valence-electron chi connectivity index (χ2n) is 8.30. The number of aryl methyl sites for hydroxylation is 2. The van der Waals surface area contributed by atoms with Gasteiger partial charge in [-0.3, -0.25) is 4.68 Å². The highest BCUT2D eigenvalue weighted by molar-refractivity contribution is 7.89. The van der Waals surface area contributed by atoms with E-state index in [1.165, 1.54) is 54.6 Å². The van der Waals surface area contributed by atoms with Crippen molar-refractivity contribution in [3.63, 3.8) is 0 Å². The lowest BCUT2D eigenvalue weighted by Crippen LogP contribution is -2.28. The molecule has 6 heteroatoms. The van der Waals surface area contributed by atoms with E-state index in [1.807, 2.05) is 16.8 Å².